The van der Waals surface area contributed by atoms with E-state index in [1.165, 1.54) is 32.9 Å². The molecule has 0 N–H and O–H groups in total. The number of esters is 1. The van der Waals surface area contributed by atoms with Gasteiger partial charge in [-0.3, -0.25) is 4.90 Å². The average Bonchev–Trinajstić information content (AvgIpc) is 2.65. The number of morpholine rings is 1. The maximum atomic E-state index is 11.7. The van der Waals surface area contributed by atoms with E-state index >= 15 is 0 Å². The molecule has 2 unspecified atom stereocenters. The highest BCUT2D eigenvalue weighted by Crippen LogP contribution is 2.25. The van der Waals surface area contributed by atoms with Gasteiger partial charge >= 0.3 is 5.97 Å². The summed E-state index contributed by atoms with van der Waals surface area (Å²) in [6.45, 7) is 11.6. The van der Waals surface area contributed by atoms with E-state index in [0.717, 1.165) is 43.6 Å². The van der Waals surface area contributed by atoms with Crippen LogP contribution < -0.4 is 4.90 Å². The van der Waals surface area contributed by atoms with Gasteiger partial charge in [0.15, 0.2) is 0 Å². The molecule has 6 nitrogen and oxygen atoms in total. The Morgan fingerprint density at radius 1 is 1.22 bits per heavy atom. The van der Waals surface area contributed by atoms with Crippen LogP contribution in [0.1, 0.15) is 49.2 Å². The fourth-order valence-electron chi connectivity index (χ4n) is 4.33. The number of piperidine rings is 1. The Kier molecular flexibility index (Phi) is 6.71. The van der Waals surface area contributed by atoms with Crippen molar-refractivity contribution in [2.75, 3.05) is 44.7 Å². The number of pyridine rings is 1. The molecule has 2 fully saturated rings. The highest BCUT2D eigenvalue weighted by atomic mass is 16.5. The first-order chi connectivity index (χ1) is 13.0. The van der Waals surface area contributed by atoms with Crippen LogP contribution in [-0.2, 0) is 9.47 Å². The van der Waals surface area contributed by atoms with Crippen LogP contribution in [-0.4, -0.2) is 67.9 Å². The molecule has 0 bridgehead atoms. The summed E-state index contributed by atoms with van der Waals surface area (Å²) in [6.07, 6.45) is 4.36. The van der Waals surface area contributed by atoms with E-state index in [4.69, 9.17) is 9.47 Å². The van der Waals surface area contributed by atoms with E-state index in [-0.39, 0.29) is 5.97 Å². The molecule has 3 rings (SSSR count). The second kappa shape index (κ2) is 9.02. The van der Waals surface area contributed by atoms with Gasteiger partial charge in [0.1, 0.15) is 5.82 Å². The van der Waals surface area contributed by atoms with Crippen LogP contribution in [0.3, 0.4) is 0 Å². The average molecular weight is 376 g/mol. The highest BCUT2D eigenvalue weighted by molar-refractivity contribution is 5.90. The second-order valence-corrected chi connectivity index (χ2v) is 8.03. The molecule has 150 valence electrons. The summed E-state index contributed by atoms with van der Waals surface area (Å²) in [5.41, 5.74) is 1.28. The van der Waals surface area contributed by atoms with Gasteiger partial charge in [-0.15, -0.1) is 0 Å². The predicted molar refractivity (Wildman–Crippen MR) is 106 cm³/mol. The first kappa shape index (κ1) is 20.1. The van der Waals surface area contributed by atoms with Crippen molar-refractivity contribution < 1.29 is 14.3 Å². The molecule has 1 aromatic heterocycles. The monoisotopic (exact) mass is 375 g/mol. The Hall–Kier alpha value is -1.66. The van der Waals surface area contributed by atoms with Gasteiger partial charge < -0.3 is 14.4 Å². The Morgan fingerprint density at radius 3 is 2.48 bits per heavy atom. The first-order valence-electron chi connectivity index (χ1n) is 10.1. The number of anilines is 1. The Morgan fingerprint density at radius 2 is 1.89 bits per heavy atom. The molecular formula is C21H33N3O3. The highest BCUT2D eigenvalue weighted by Gasteiger charge is 2.25. The molecule has 6 heteroatoms. The van der Waals surface area contributed by atoms with E-state index in [0.29, 0.717) is 17.8 Å². The van der Waals surface area contributed by atoms with Crippen LogP contribution in [0.15, 0.2) is 12.1 Å². The van der Waals surface area contributed by atoms with E-state index < -0.39 is 0 Å². The van der Waals surface area contributed by atoms with Gasteiger partial charge in [0.25, 0.3) is 0 Å². The summed E-state index contributed by atoms with van der Waals surface area (Å²) >= 11 is 0. The van der Waals surface area contributed by atoms with Crippen LogP contribution >= 0.6 is 0 Å². The SMILES string of the molecule is COC(=O)c1ccc(N2CCC(CCN3CC(C)OC(C)C3)CC2)nc1C. The maximum Gasteiger partial charge on any atom is 0.339 e. The van der Waals surface area contributed by atoms with Crippen LogP contribution in [0.25, 0.3) is 0 Å². The molecule has 2 aliphatic heterocycles. The topological polar surface area (TPSA) is 54.9 Å². The lowest BCUT2D eigenvalue weighted by Crippen LogP contribution is -2.46. The standard InChI is InChI=1S/C21H33N3O3/c1-15-13-23(14-16(2)27-15)10-7-18-8-11-24(12-9-18)20-6-5-19(17(3)22-20)21(25)26-4/h5-6,15-16,18H,7-14H2,1-4H3. The van der Waals surface area contributed by atoms with Gasteiger partial charge in [-0.05, 0) is 64.6 Å². The van der Waals surface area contributed by atoms with Gasteiger partial charge in [-0.25, -0.2) is 9.78 Å². The van der Waals surface area contributed by atoms with Crippen molar-refractivity contribution >= 4 is 11.8 Å². The number of hydrogen-bond acceptors (Lipinski definition) is 6. The molecule has 0 amide bonds. The number of rotatable bonds is 5. The molecule has 2 atom stereocenters. The van der Waals surface area contributed by atoms with Crippen LogP contribution in [0.5, 0.6) is 0 Å². The maximum absolute atomic E-state index is 11.7. The van der Waals surface area contributed by atoms with Crippen LogP contribution in [0.4, 0.5) is 5.82 Å². The van der Waals surface area contributed by atoms with Crippen molar-refractivity contribution in [2.45, 2.75) is 52.2 Å². The molecule has 27 heavy (non-hydrogen) atoms. The third-order valence-electron chi connectivity index (χ3n) is 5.76. The normalized spacial score (nSPS) is 24.8. The van der Waals surface area contributed by atoms with Gasteiger partial charge in [0, 0.05) is 26.2 Å². The smallest absolute Gasteiger partial charge is 0.339 e. The minimum absolute atomic E-state index is 0.322. The number of ether oxygens (including phenoxy) is 2. The minimum atomic E-state index is -0.322. The summed E-state index contributed by atoms with van der Waals surface area (Å²) in [7, 11) is 1.40. The third kappa shape index (κ3) is 5.20. The van der Waals surface area contributed by atoms with Gasteiger partial charge in [-0.1, -0.05) is 0 Å². The van der Waals surface area contributed by atoms with Crippen molar-refractivity contribution in [1.29, 1.82) is 0 Å². The fourth-order valence-corrected chi connectivity index (χ4v) is 4.33. The van der Waals surface area contributed by atoms with E-state index in [9.17, 15) is 4.79 Å². The number of aromatic nitrogens is 1. The lowest BCUT2D eigenvalue weighted by molar-refractivity contribution is -0.0690. The summed E-state index contributed by atoms with van der Waals surface area (Å²) in [4.78, 5) is 21.2. The predicted octanol–water partition coefficient (Wildman–Crippen LogP) is 2.89. The van der Waals surface area contributed by atoms with Crippen molar-refractivity contribution in [3.8, 4) is 0 Å². The lowest BCUT2D eigenvalue weighted by Gasteiger charge is -2.37. The van der Waals surface area contributed by atoms with Gasteiger partial charge in [-0.2, -0.15) is 0 Å². The number of hydrogen-bond donors (Lipinski definition) is 0. The van der Waals surface area contributed by atoms with E-state index in [1.54, 1.807) is 0 Å². The van der Waals surface area contributed by atoms with Crippen molar-refractivity contribution in [1.82, 2.24) is 9.88 Å². The van der Waals surface area contributed by atoms with E-state index in [1.807, 2.05) is 19.1 Å². The van der Waals surface area contributed by atoms with Crippen molar-refractivity contribution in [3.05, 3.63) is 23.4 Å². The molecule has 3 heterocycles. The third-order valence-corrected chi connectivity index (χ3v) is 5.76. The molecule has 0 radical (unpaired) electrons. The molecule has 0 aromatic carbocycles. The minimum Gasteiger partial charge on any atom is -0.465 e. The Balaban J connectivity index is 1.47. The van der Waals surface area contributed by atoms with Crippen LogP contribution in [0.2, 0.25) is 0 Å². The number of methoxy groups -OCH3 is 1. The molecule has 0 spiro atoms. The number of nitrogens with zero attached hydrogens (tertiary/aromatic N) is 3. The quantitative estimate of drug-likeness (QED) is 0.738. The van der Waals surface area contributed by atoms with Gasteiger partial charge in [0.05, 0.1) is 30.6 Å². The zero-order chi connectivity index (χ0) is 19.4. The summed E-state index contributed by atoms with van der Waals surface area (Å²) in [5.74, 6) is 1.43. The van der Waals surface area contributed by atoms with Crippen LogP contribution in [0, 0.1) is 12.8 Å². The Labute approximate surface area is 162 Å². The fraction of sp³-hybridized carbons (Fsp3) is 0.714. The van der Waals surface area contributed by atoms with E-state index in [2.05, 4.69) is 28.6 Å². The summed E-state index contributed by atoms with van der Waals surface area (Å²) in [5, 5.41) is 0. The summed E-state index contributed by atoms with van der Waals surface area (Å²) in [6, 6.07) is 3.77. The van der Waals surface area contributed by atoms with Crippen molar-refractivity contribution in [2.24, 2.45) is 5.92 Å². The lowest BCUT2D eigenvalue weighted by atomic mass is 9.93. The largest absolute Gasteiger partial charge is 0.465 e. The molecular weight excluding hydrogens is 342 g/mol. The number of carbonyl (C=O) groups is 1. The van der Waals surface area contributed by atoms with Crippen molar-refractivity contribution in [3.63, 3.8) is 0 Å². The first-order valence-corrected chi connectivity index (χ1v) is 10.1. The molecule has 0 saturated carbocycles. The molecule has 2 saturated heterocycles. The zero-order valence-corrected chi connectivity index (χ0v) is 17.1. The zero-order valence-electron chi connectivity index (χ0n) is 17.1. The van der Waals surface area contributed by atoms with Gasteiger partial charge in [0.2, 0.25) is 0 Å². The summed E-state index contributed by atoms with van der Waals surface area (Å²) < 4.78 is 10.6. The molecule has 2 aliphatic rings. The second-order valence-electron chi connectivity index (χ2n) is 8.03. The molecule has 0 aliphatic carbocycles. The Bertz CT molecular complexity index is 634. The number of aryl methyl sites for hydroxylation is 1. The molecule has 1 aromatic rings. The number of carbonyl (C=O) groups excluding carboxylic acids is 1.